The van der Waals surface area contributed by atoms with Crippen molar-refractivity contribution in [1.29, 1.82) is 0 Å². The van der Waals surface area contributed by atoms with Gasteiger partial charge in [0.25, 0.3) is 0 Å². The fourth-order valence-electron chi connectivity index (χ4n) is 2.49. The molecule has 1 heterocycles. The lowest BCUT2D eigenvalue weighted by molar-refractivity contribution is -0.108. The molecule has 0 radical (unpaired) electrons. The quantitative estimate of drug-likeness (QED) is 0.254. The normalized spacial score (nSPS) is 12.4. The maximum atomic E-state index is 12.8. The van der Waals surface area contributed by atoms with E-state index in [1.807, 2.05) is 29.6 Å². The fraction of sp³-hybridized carbons (Fsp3) is 0.100. The van der Waals surface area contributed by atoms with Gasteiger partial charge >= 0.3 is 11.1 Å². The summed E-state index contributed by atoms with van der Waals surface area (Å²) >= 11 is 5.89. The number of carbonyl (C=O) groups excluding carboxylic acids is 2. The summed E-state index contributed by atoms with van der Waals surface area (Å²) in [6, 6.07) is 13.7. The molecule has 1 aromatic heterocycles. The highest BCUT2D eigenvalue weighted by atomic mass is 35.5. The average molecular weight is 464 g/mol. The van der Waals surface area contributed by atoms with E-state index < -0.39 is 17.4 Å². The summed E-state index contributed by atoms with van der Waals surface area (Å²) in [5, 5.41) is 6.25. The third-order valence-corrected chi connectivity index (χ3v) is 6.26. The van der Waals surface area contributed by atoms with Crippen molar-refractivity contribution >= 4 is 63.8 Å². The molecule has 0 saturated carbocycles. The molecule has 3 aromatic rings. The van der Waals surface area contributed by atoms with Crippen molar-refractivity contribution in [2.24, 2.45) is 0 Å². The van der Waals surface area contributed by atoms with Gasteiger partial charge in [-0.25, -0.2) is 4.79 Å². The van der Waals surface area contributed by atoms with Crippen LogP contribution >= 0.6 is 23.4 Å². The first-order valence-electron chi connectivity index (χ1n) is 8.76. The lowest BCUT2D eigenvalue weighted by atomic mass is 10.3. The van der Waals surface area contributed by atoms with Crippen LogP contribution in [0.25, 0.3) is 11.0 Å². The van der Waals surface area contributed by atoms with Gasteiger partial charge in [-0.3, -0.25) is 10.1 Å². The van der Waals surface area contributed by atoms with Crippen LogP contribution in [0.1, 0.15) is 6.92 Å². The second kappa shape index (κ2) is 10.4. The van der Waals surface area contributed by atoms with Crippen molar-refractivity contribution in [1.82, 2.24) is 10.6 Å². The van der Waals surface area contributed by atoms with Crippen molar-refractivity contribution in [2.45, 2.75) is 16.9 Å². The number of amides is 3. The molecule has 0 saturated heterocycles. The average Bonchev–Trinajstić information content (AvgIpc) is 3.17. The molecule has 7 nitrogen and oxygen atoms in total. The number of benzene rings is 2. The van der Waals surface area contributed by atoms with E-state index in [0.29, 0.717) is 39.2 Å². The minimum Gasteiger partial charge on any atom is -0.585 e. The molecule has 3 rings (SSSR count). The maximum absolute atomic E-state index is 12.8. The third-order valence-electron chi connectivity index (χ3n) is 3.93. The van der Waals surface area contributed by atoms with Crippen LogP contribution in [0.4, 0.5) is 10.5 Å². The number of nitrogens with one attached hydrogen (secondary N) is 3. The Morgan fingerprint density at radius 2 is 2.07 bits per heavy atom. The molecule has 156 valence electrons. The Bertz CT molecular complexity index is 1050. The lowest BCUT2D eigenvalue weighted by Crippen LogP contribution is -2.34. The van der Waals surface area contributed by atoms with Crippen LogP contribution in [0.3, 0.4) is 0 Å². The number of thioether (sulfide) groups is 1. The molecule has 30 heavy (non-hydrogen) atoms. The molecule has 3 N–H and O–H groups in total. The molecule has 0 bridgehead atoms. The van der Waals surface area contributed by atoms with Gasteiger partial charge in [0, 0.05) is 32.8 Å². The number of anilines is 1. The van der Waals surface area contributed by atoms with Gasteiger partial charge in [0.1, 0.15) is 16.9 Å². The molecular weight excluding hydrogens is 446 g/mol. The Kier molecular flexibility index (Phi) is 7.69. The summed E-state index contributed by atoms with van der Waals surface area (Å²) in [6.45, 7) is 1.77. The highest BCUT2D eigenvalue weighted by molar-refractivity contribution is 7.99. The van der Waals surface area contributed by atoms with E-state index in [1.54, 1.807) is 37.3 Å². The number of fused-ring (bicyclic) bond motifs is 1. The van der Waals surface area contributed by atoms with Crippen LogP contribution in [0.15, 0.2) is 74.7 Å². The Morgan fingerprint density at radius 1 is 1.27 bits per heavy atom. The molecule has 2 aromatic carbocycles. The number of carbonyl (C=O) groups is 2. The number of imide groups is 1. The van der Waals surface area contributed by atoms with Crippen molar-refractivity contribution in [3.8, 4) is 0 Å². The van der Waals surface area contributed by atoms with E-state index >= 15 is 0 Å². The minimum absolute atomic E-state index is 0.300. The standard InChI is InChI=1S/C20H18ClN3O4S2/c1-2-15(23-20(26)22-12-25)11-29-18-8-7-14(21)10-16(18)24-30(27)19-9-13-5-3-4-6-17(13)28-19/h2-10,12,24H,11H2,1H3,(H2,22,23,25,26)/b15-2-. The number of hydrogen-bond acceptors (Lipinski definition) is 6. The van der Waals surface area contributed by atoms with E-state index in [1.165, 1.54) is 11.8 Å². The van der Waals surface area contributed by atoms with Crippen molar-refractivity contribution in [3.63, 3.8) is 0 Å². The van der Waals surface area contributed by atoms with Gasteiger partial charge in [-0.2, -0.15) is 4.72 Å². The molecule has 3 amide bonds. The molecule has 0 fully saturated rings. The third kappa shape index (κ3) is 5.73. The summed E-state index contributed by atoms with van der Waals surface area (Å²) in [6.07, 6.45) is 2.04. The number of para-hydroxylation sites is 1. The fourth-order valence-corrected chi connectivity index (χ4v) is 4.57. The summed E-state index contributed by atoms with van der Waals surface area (Å²) in [4.78, 5) is 22.7. The van der Waals surface area contributed by atoms with Gasteiger partial charge in [0.05, 0.1) is 5.69 Å². The molecule has 0 aliphatic carbocycles. The highest BCUT2D eigenvalue weighted by Gasteiger charge is 2.20. The van der Waals surface area contributed by atoms with Crippen molar-refractivity contribution in [3.05, 3.63) is 65.3 Å². The molecule has 1 atom stereocenters. The SMILES string of the molecule is C/C=C(/CSc1ccc(Cl)cc1N[S+]([O-])c1cc2ccccc2o1)NC(=O)NC=O. The predicted molar refractivity (Wildman–Crippen MR) is 120 cm³/mol. The smallest absolute Gasteiger partial charge is 0.339 e. The number of halogens is 1. The molecule has 0 spiro atoms. The Labute approximate surface area is 185 Å². The van der Waals surface area contributed by atoms with Crippen LogP contribution < -0.4 is 15.4 Å². The second-order valence-electron chi connectivity index (χ2n) is 5.93. The first-order chi connectivity index (χ1) is 14.5. The number of furan rings is 1. The second-order valence-corrected chi connectivity index (χ2v) is 8.53. The van der Waals surface area contributed by atoms with E-state index in [-0.39, 0.29) is 0 Å². The summed E-state index contributed by atoms with van der Waals surface area (Å²) < 4.78 is 21.4. The zero-order valence-electron chi connectivity index (χ0n) is 15.8. The molecule has 1 unspecified atom stereocenters. The van der Waals surface area contributed by atoms with Gasteiger partial charge in [0.15, 0.2) is 0 Å². The number of rotatable bonds is 8. The minimum atomic E-state index is -1.64. The van der Waals surface area contributed by atoms with Crippen LogP contribution in [0.5, 0.6) is 0 Å². The van der Waals surface area contributed by atoms with E-state index in [2.05, 4.69) is 10.0 Å². The lowest BCUT2D eigenvalue weighted by Gasteiger charge is -2.14. The van der Waals surface area contributed by atoms with Gasteiger partial charge in [-0.05, 0) is 31.2 Å². The van der Waals surface area contributed by atoms with Crippen LogP contribution in [-0.4, -0.2) is 22.7 Å². The highest BCUT2D eigenvalue weighted by Crippen LogP contribution is 2.33. The molecule has 0 aliphatic heterocycles. The van der Waals surface area contributed by atoms with E-state index in [0.717, 1.165) is 10.3 Å². The van der Waals surface area contributed by atoms with Crippen LogP contribution in [0, 0.1) is 0 Å². The van der Waals surface area contributed by atoms with Crippen LogP contribution in [0.2, 0.25) is 5.02 Å². The monoisotopic (exact) mass is 463 g/mol. The Morgan fingerprint density at radius 3 is 2.80 bits per heavy atom. The van der Waals surface area contributed by atoms with Crippen molar-refractivity contribution in [2.75, 3.05) is 10.5 Å². The predicted octanol–water partition coefficient (Wildman–Crippen LogP) is 4.67. The Hall–Kier alpha value is -2.59. The van der Waals surface area contributed by atoms with Crippen molar-refractivity contribution < 1.29 is 18.6 Å². The topological polar surface area (TPSA) is 106 Å². The number of allylic oxidation sites excluding steroid dienone is 1. The van der Waals surface area contributed by atoms with Gasteiger partial charge in [-0.1, -0.05) is 35.9 Å². The van der Waals surface area contributed by atoms with Gasteiger partial charge < -0.3 is 14.3 Å². The zero-order chi connectivity index (χ0) is 21.5. The molecular formula is C20H18ClN3O4S2. The number of hydrogen-bond donors (Lipinski definition) is 3. The van der Waals surface area contributed by atoms with Gasteiger partial charge in [0.2, 0.25) is 6.41 Å². The van der Waals surface area contributed by atoms with E-state index in [9.17, 15) is 14.1 Å². The molecule has 10 heteroatoms. The summed E-state index contributed by atoms with van der Waals surface area (Å²) in [7, 11) is 0. The van der Waals surface area contributed by atoms with Crippen LogP contribution in [-0.2, 0) is 16.2 Å². The maximum Gasteiger partial charge on any atom is 0.339 e. The largest absolute Gasteiger partial charge is 0.585 e. The zero-order valence-corrected chi connectivity index (χ0v) is 18.2. The van der Waals surface area contributed by atoms with Gasteiger partial charge in [-0.15, -0.1) is 11.8 Å². The first kappa shape index (κ1) is 22.1. The number of urea groups is 1. The summed E-state index contributed by atoms with van der Waals surface area (Å²) in [5.74, 6) is 0.413. The molecule has 0 aliphatic rings. The van der Waals surface area contributed by atoms with E-state index in [4.69, 9.17) is 16.0 Å². The summed E-state index contributed by atoms with van der Waals surface area (Å²) in [5.41, 5.74) is 1.83. The Balaban J connectivity index is 1.73. The first-order valence-corrected chi connectivity index (χ1v) is 11.3.